The van der Waals surface area contributed by atoms with Gasteiger partial charge in [0.1, 0.15) is 5.76 Å². The Morgan fingerprint density at radius 3 is 2.88 bits per heavy atom. The Labute approximate surface area is 143 Å². The molecule has 0 unspecified atom stereocenters. The highest BCUT2D eigenvalue weighted by Gasteiger charge is 2.29. The van der Waals surface area contributed by atoms with Gasteiger partial charge in [-0.15, -0.1) is 5.10 Å². The molecule has 8 nitrogen and oxygen atoms in total. The fourth-order valence-electron chi connectivity index (χ4n) is 2.84. The number of nitrogens with zero attached hydrogens (tertiary/aromatic N) is 5. The summed E-state index contributed by atoms with van der Waals surface area (Å²) in [5.74, 6) is 1.66. The van der Waals surface area contributed by atoms with Gasteiger partial charge in [-0.1, -0.05) is 17.3 Å². The summed E-state index contributed by atoms with van der Waals surface area (Å²) in [6.45, 7) is 0. The standard InChI is InChI=1S/C17H16N6O2/c24-17(14-9-15(25-20-14)10-4-5-10)18-12-3-1-2-11(8-12)16-19-21-22-23(16)13-6-7-13/h1-3,8-10,13H,4-7H2,(H,18,24). The highest BCUT2D eigenvalue weighted by atomic mass is 16.5. The van der Waals surface area contributed by atoms with E-state index in [4.69, 9.17) is 4.52 Å². The third-order valence-electron chi connectivity index (χ3n) is 4.50. The van der Waals surface area contributed by atoms with Crippen LogP contribution in [0.1, 0.15) is 53.9 Å². The molecule has 2 aromatic heterocycles. The van der Waals surface area contributed by atoms with Gasteiger partial charge in [-0.25, -0.2) is 4.68 Å². The van der Waals surface area contributed by atoms with Gasteiger partial charge >= 0.3 is 0 Å². The Balaban J connectivity index is 1.37. The van der Waals surface area contributed by atoms with Crippen molar-refractivity contribution >= 4 is 11.6 Å². The average molecular weight is 336 g/mol. The Kier molecular flexibility index (Phi) is 3.16. The Morgan fingerprint density at radius 1 is 1.20 bits per heavy atom. The molecular formula is C17H16N6O2. The predicted octanol–water partition coefficient (Wildman–Crippen LogP) is 2.79. The molecule has 0 saturated heterocycles. The normalized spacial score (nSPS) is 16.8. The number of benzene rings is 1. The fourth-order valence-corrected chi connectivity index (χ4v) is 2.84. The summed E-state index contributed by atoms with van der Waals surface area (Å²) in [5.41, 5.74) is 1.84. The number of carbonyl (C=O) groups excluding carboxylic acids is 1. The minimum absolute atomic E-state index is 0.283. The largest absolute Gasteiger partial charge is 0.360 e. The van der Waals surface area contributed by atoms with E-state index in [1.54, 1.807) is 6.07 Å². The van der Waals surface area contributed by atoms with Crippen LogP contribution in [-0.2, 0) is 0 Å². The third kappa shape index (κ3) is 2.79. The first-order valence-electron chi connectivity index (χ1n) is 8.44. The van der Waals surface area contributed by atoms with Gasteiger partial charge in [0.25, 0.3) is 5.91 Å². The summed E-state index contributed by atoms with van der Waals surface area (Å²) in [7, 11) is 0. The number of amides is 1. The Morgan fingerprint density at radius 2 is 2.08 bits per heavy atom. The van der Waals surface area contributed by atoms with Crippen molar-refractivity contribution in [2.24, 2.45) is 0 Å². The van der Waals surface area contributed by atoms with Gasteiger partial charge in [0, 0.05) is 23.2 Å². The van der Waals surface area contributed by atoms with E-state index in [2.05, 4.69) is 26.0 Å². The van der Waals surface area contributed by atoms with Gasteiger partial charge in [-0.05, 0) is 48.2 Å². The van der Waals surface area contributed by atoms with E-state index < -0.39 is 0 Å². The van der Waals surface area contributed by atoms with Crippen LogP contribution in [0.25, 0.3) is 11.4 Å². The molecule has 3 aromatic rings. The van der Waals surface area contributed by atoms with Gasteiger partial charge in [-0.2, -0.15) is 0 Å². The van der Waals surface area contributed by atoms with Gasteiger partial charge in [0.05, 0.1) is 6.04 Å². The summed E-state index contributed by atoms with van der Waals surface area (Å²) in [6, 6.07) is 9.61. The molecule has 2 fully saturated rings. The van der Waals surface area contributed by atoms with E-state index in [0.29, 0.717) is 23.3 Å². The van der Waals surface area contributed by atoms with Crippen molar-refractivity contribution in [3.63, 3.8) is 0 Å². The van der Waals surface area contributed by atoms with E-state index in [9.17, 15) is 4.79 Å². The maximum Gasteiger partial charge on any atom is 0.277 e. The summed E-state index contributed by atoms with van der Waals surface area (Å²) in [4.78, 5) is 12.4. The zero-order valence-corrected chi connectivity index (χ0v) is 13.4. The lowest BCUT2D eigenvalue weighted by Gasteiger charge is -2.06. The van der Waals surface area contributed by atoms with Gasteiger partial charge in [0.15, 0.2) is 11.5 Å². The van der Waals surface area contributed by atoms with Crippen molar-refractivity contribution < 1.29 is 9.32 Å². The zero-order chi connectivity index (χ0) is 16.8. The van der Waals surface area contributed by atoms with Crippen molar-refractivity contribution in [3.8, 4) is 11.4 Å². The quantitative estimate of drug-likeness (QED) is 0.769. The van der Waals surface area contributed by atoms with E-state index >= 15 is 0 Å². The minimum Gasteiger partial charge on any atom is -0.360 e. The molecular weight excluding hydrogens is 320 g/mol. The van der Waals surface area contributed by atoms with Crippen molar-refractivity contribution in [2.75, 3.05) is 5.32 Å². The highest BCUT2D eigenvalue weighted by Crippen LogP contribution is 2.40. The maximum atomic E-state index is 12.4. The third-order valence-corrected chi connectivity index (χ3v) is 4.50. The molecule has 1 N–H and O–H groups in total. The van der Waals surface area contributed by atoms with Gasteiger partial charge in [-0.3, -0.25) is 4.79 Å². The molecule has 1 amide bonds. The van der Waals surface area contributed by atoms with Gasteiger partial charge in [0.2, 0.25) is 0 Å². The van der Waals surface area contributed by atoms with Crippen molar-refractivity contribution in [3.05, 3.63) is 41.8 Å². The molecule has 0 spiro atoms. The van der Waals surface area contributed by atoms with Crippen LogP contribution in [0.3, 0.4) is 0 Å². The van der Waals surface area contributed by atoms with Crippen LogP contribution in [0.5, 0.6) is 0 Å². The average Bonchev–Trinajstić information content (AvgIpc) is 3.56. The minimum atomic E-state index is -0.283. The molecule has 0 radical (unpaired) electrons. The molecule has 0 atom stereocenters. The van der Waals surface area contributed by atoms with Crippen molar-refractivity contribution in [2.45, 2.75) is 37.6 Å². The first-order chi connectivity index (χ1) is 12.3. The lowest BCUT2D eigenvalue weighted by atomic mass is 10.2. The van der Waals surface area contributed by atoms with E-state index in [-0.39, 0.29) is 5.91 Å². The first-order valence-corrected chi connectivity index (χ1v) is 8.44. The Hall–Kier alpha value is -3.03. The number of hydrogen-bond acceptors (Lipinski definition) is 6. The monoisotopic (exact) mass is 336 g/mol. The number of hydrogen-bond donors (Lipinski definition) is 1. The number of nitrogens with one attached hydrogen (secondary N) is 1. The number of carbonyl (C=O) groups is 1. The summed E-state index contributed by atoms with van der Waals surface area (Å²) >= 11 is 0. The Bertz CT molecular complexity index is 938. The molecule has 2 saturated carbocycles. The lowest BCUT2D eigenvalue weighted by molar-refractivity contribution is 0.101. The fraction of sp³-hybridized carbons (Fsp3) is 0.353. The van der Waals surface area contributed by atoms with Crippen LogP contribution in [0.2, 0.25) is 0 Å². The molecule has 25 heavy (non-hydrogen) atoms. The second-order valence-electron chi connectivity index (χ2n) is 6.60. The number of anilines is 1. The van der Waals surface area contributed by atoms with Crippen molar-refractivity contribution in [1.29, 1.82) is 0 Å². The van der Waals surface area contributed by atoms with Crippen LogP contribution in [-0.4, -0.2) is 31.3 Å². The van der Waals surface area contributed by atoms with Crippen LogP contribution < -0.4 is 5.32 Å². The molecule has 2 aliphatic carbocycles. The molecule has 5 rings (SSSR count). The summed E-state index contributed by atoms with van der Waals surface area (Å²) < 4.78 is 7.09. The van der Waals surface area contributed by atoms with Gasteiger partial charge < -0.3 is 9.84 Å². The smallest absolute Gasteiger partial charge is 0.277 e. The topological polar surface area (TPSA) is 98.7 Å². The first kappa shape index (κ1) is 14.3. The van der Waals surface area contributed by atoms with E-state index in [0.717, 1.165) is 42.8 Å². The molecule has 1 aromatic carbocycles. The van der Waals surface area contributed by atoms with Crippen LogP contribution >= 0.6 is 0 Å². The zero-order valence-electron chi connectivity index (χ0n) is 13.4. The SMILES string of the molecule is O=C(Nc1cccc(-c2nnnn2C2CC2)c1)c1cc(C2CC2)on1. The maximum absolute atomic E-state index is 12.4. The molecule has 0 aliphatic heterocycles. The van der Waals surface area contributed by atoms with Crippen LogP contribution in [0.15, 0.2) is 34.9 Å². The van der Waals surface area contributed by atoms with Crippen LogP contribution in [0, 0.1) is 0 Å². The van der Waals surface area contributed by atoms with Crippen LogP contribution in [0.4, 0.5) is 5.69 Å². The molecule has 2 aliphatic rings. The highest BCUT2D eigenvalue weighted by molar-refractivity contribution is 6.03. The second-order valence-corrected chi connectivity index (χ2v) is 6.60. The molecule has 8 heteroatoms. The summed E-state index contributed by atoms with van der Waals surface area (Å²) in [5, 5.41) is 18.7. The molecule has 2 heterocycles. The number of tetrazole rings is 1. The predicted molar refractivity (Wildman–Crippen MR) is 88.0 cm³/mol. The van der Waals surface area contributed by atoms with Crippen molar-refractivity contribution in [1.82, 2.24) is 25.4 Å². The number of aromatic nitrogens is 5. The summed E-state index contributed by atoms with van der Waals surface area (Å²) in [6.07, 6.45) is 4.41. The second kappa shape index (κ2) is 5.51. The van der Waals surface area contributed by atoms with E-state index in [1.165, 1.54) is 0 Å². The lowest BCUT2D eigenvalue weighted by Crippen LogP contribution is -2.12. The molecule has 0 bridgehead atoms. The molecule has 126 valence electrons. The number of rotatable bonds is 5. The van der Waals surface area contributed by atoms with E-state index in [1.807, 2.05) is 28.9 Å².